The molecule has 0 spiro atoms. The molecule has 8 rings (SSSR count). The normalized spacial score (nSPS) is 21.1. The lowest BCUT2D eigenvalue weighted by Gasteiger charge is -2.33. The van der Waals surface area contributed by atoms with Crippen LogP contribution < -0.4 is 14.4 Å². The molecule has 3 fully saturated rings. The zero-order valence-electron chi connectivity index (χ0n) is 28.4. The summed E-state index contributed by atoms with van der Waals surface area (Å²) in [6.45, 7) is 3.97. The van der Waals surface area contributed by atoms with Crippen LogP contribution in [-0.2, 0) is 6.42 Å². The van der Waals surface area contributed by atoms with Gasteiger partial charge in [0.25, 0.3) is 0 Å². The molecular weight excluding hydrogens is 663 g/mol. The van der Waals surface area contributed by atoms with Gasteiger partial charge in [0, 0.05) is 56.0 Å². The summed E-state index contributed by atoms with van der Waals surface area (Å²) in [5, 5.41) is 16.1. The van der Waals surface area contributed by atoms with Crippen LogP contribution >= 0.6 is 0 Å². The van der Waals surface area contributed by atoms with Gasteiger partial charge in [-0.2, -0.15) is 9.97 Å². The second kappa shape index (κ2) is 13.0. The van der Waals surface area contributed by atoms with Gasteiger partial charge in [-0.3, -0.25) is 14.7 Å². The van der Waals surface area contributed by atoms with E-state index < -0.39 is 23.3 Å². The number of halogens is 3. The average molecular weight is 702 g/mol. The molecule has 0 saturated carbocycles. The largest absolute Gasteiger partial charge is 0.508 e. The zero-order valence-corrected chi connectivity index (χ0v) is 28.4. The Morgan fingerprint density at radius 2 is 1.94 bits per heavy atom. The van der Waals surface area contributed by atoms with Gasteiger partial charge in [-0.15, -0.1) is 5.10 Å². The van der Waals surface area contributed by atoms with Crippen molar-refractivity contribution in [3.63, 3.8) is 0 Å². The Labute approximate surface area is 292 Å². The summed E-state index contributed by atoms with van der Waals surface area (Å²) in [5.74, 6) is -1.02. The number of aryl methyl sites for hydroxylation is 1. The second-order valence-electron chi connectivity index (χ2n) is 13.8. The maximum Gasteiger partial charge on any atom is 0.319 e. The molecule has 0 aliphatic carbocycles. The number of carbonyl (C=O) groups excluding carboxylic acids is 1. The van der Waals surface area contributed by atoms with E-state index in [1.165, 1.54) is 36.2 Å². The number of pyridine rings is 1. The van der Waals surface area contributed by atoms with Crippen molar-refractivity contribution < 1.29 is 32.5 Å². The highest BCUT2D eigenvalue weighted by Crippen LogP contribution is 2.42. The molecule has 51 heavy (non-hydrogen) atoms. The Hall–Kier alpha value is -4.98. The van der Waals surface area contributed by atoms with E-state index in [9.17, 15) is 14.3 Å². The van der Waals surface area contributed by atoms with Gasteiger partial charge in [0.15, 0.2) is 5.82 Å². The van der Waals surface area contributed by atoms with Crippen molar-refractivity contribution in [3.8, 4) is 28.9 Å². The van der Waals surface area contributed by atoms with Crippen molar-refractivity contribution in [1.29, 1.82) is 0 Å². The van der Waals surface area contributed by atoms with Crippen LogP contribution in [-0.4, -0.2) is 92.3 Å². The number of rotatable bonds is 8. The number of piperidine rings is 1. The summed E-state index contributed by atoms with van der Waals surface area (Å²) in [6.07, 6.45) is 5.50. The molecule has 11 nitrogen and oxygen atoms in total. The van der Waals surface area contributed by atoms with Crippen LogP contribution in [0, 0.1) is 17.6 Å². The molecule has 0 radical (unpaired) electrons. The number of anilines is 1. The Bertz CT molecular complexity index is 2150. The van der Waals surface area contributed by atoms with E-state index in [4.69, 9.17) is 14.5 Å². The first-order valence-electron chi connectivity index (χ1n) is 17.4. The van der Waals surface area contributed by atoms with Crippen molar-refractivity contribution in [3.05, 3.63) is 59.9 Å². The summed E-state index contributed by atoms with van der Waals surface area (Å²) < 4.78 is 59.2. The first-order chi connectivity index (χ1) is 24.7. The third-order valence-corrected chi connectivity index (χ3v) is 10.8. The smallest absolute Gasteiger partial charge is 0.319 e. The molecule has 0 amide bonds. The van der Waals surface area contributed by atoms with Crippen LogP contribution in [0.15, 0.2) is 42.7 Å². The summed E-state index contributed by atoms with van der Waals surface area (Å²) in [4.78, 5) is 31.2. The quantitative estimate of drug-likeness (QED) is 0.203. The number of carbonyl (C=O) groups is 1. The molecule has 2 atom stereocenters. The minimum Gasteiger partial charge on any atom is -0.508 e. The number of alkyl halides is 1. The van der Waals surface area contributed by atoms with Crippen LogP contribution in [0.3, 0.4) is 0 Å². The van der Waals surface area contributed by atoms with Crippen molar-refractivity contribution >= 4 is 33.4 Å². The Kier molecular flexibility index (Phi) is 8.44. The molecule has 5 aromatic rings. The number of fused-ring (bicyclic) bond motifs is 3. The van der Waals surface area contributed by atoms with E-state index in [1.807, 2.05) is 11.8 Å². The highest BCUT2D eigenvalue weighted by Gasteiger charge is 2.49. The molecule has 0 bridgehead atoms. The number of hydrogen-bond donors (Lipinski definition) is 1. The topological polar surface area (TPSA) is 119 Å². The summed E-state index contributed by atoms with van der Waals surface area (Å²) >= 11 is 0. The zero-order chi connectivity index (χ0) is 35.4. The number of aromatic hydroxyl groups is 1. The van der Waals surface area contributed by atoms with Crippen LogP contribution in [0.5, 0.6) is 17.6 Å². The fourth-order valence-corrected chi connectivity index (χ4v) is 8.26. The maximum atomic E-state index is 16.9. The van der Waals surface area contributed by atoms with Crippen molar-refractivity contribution in [2.75, 3.05) is 44.8 Å². The Morgan fingerprint density at radius 3 is 2.71 bits per heavy atom. The molecule has 3 saturated heterocycles. The van der Waals surface area contributed by atoms with E-state index in [-0.39, 0.29) is 47.0 Å². The number of nitrogens with zero attached hydrogens (tertiary/aromatic N) is 7. The molecule has 3 aliphatic rings. The lowest BCUT2D eigenvalue weighted by atomic mass is 9.94. The predicted octanol–water partition coefficient (Wildman–Crippen LogP) is 6.11. The van der Waals surface area contributed by atoms with Crippen LogP contribution in [0.25, 0.3) is 32.9 Å². The number of aromatic nitrogens is 5. The molecule has 0 unspecified atom stereocenters. The van der Waals surface area contributed by atoms with Crippen molar-refractivity contribution in [1.82, 2.24) is 29.6 Å². The van der Waals surface area contributed by atoms with E-state index in [0.29, 0.717) is 78.7 Å². The van der Waals surface area contributed by atoms with E-state index >= 15 is 8.78 Å². The molecule has 3 aromatic heterocycles. The molecule has 2 aromatic carbocycles. The highest BCUT2D eigenvalue weighted by atomic mass is 19.1. The van der Waals surface area contributed by atoms with Crippen LogP contribution in [0.4, 0.5) is 19.0 Å². The van der Waals surface area contributed by atoms with Gasteiger partial charge in [-0.25, -0.2) is 17.9 Å². The van der Waals surface area contributed by atoms with Crippen LogP contribution in [0.1, 0.15) is 49.4 Å². The maximum absolute atomic E-state index is 16.9. The summed E-state index contributed by atoms with van der Waals surface area (Å²) in [7, 11) is 1.49. The van der Waals surface area contributed by atoms with Crippen LogP contribution in [0.2, 0.25) is 0 Å². The average Bonchev–Trinajstić information content (AvgIpc) is 3.85. The lowest BCUT2D eigenvalue weighted by molar-refractivity contribution is 0.0794. The standard InChI is InChI=1S/C37H38F3N7O4/c1-3-25-28(39)6-5-22-15-24(48)16-26(30(22)25)32-31(40)33-27(18-41-32)34(43-36(42-33)51-20-37-10-4-11-46(37)19-23(38)17-37)45-12-7-21(8-13-45)35(49)47-14-9-29(44-47)50-2/h5-6,9,14-16,18,21,23,48H,3-4,7-8,10-13,17,19-20H2,1-2H3/t23-,37+/m1/s1. The molecule has 1 N–H and O–H groups in total. The summed E-state index contributed by atoms with van der Waals surface area (Å²) in [6, 6.07) is 7.35. The van der Waals surface area contributed by atoms with Gasteiger partial charge in [-0.1, -0.05) is 13.0 Å². The van der Waals surface area contributed by atoms with Gasteiger partial charge in [0.2, 0.25) is 11.8 Å². The number of benzene rings is 2. The predicted molar refractivity (Wildman–Crippen MR) is 184 cm³/mol. The fraction of sp³-hybridized carbons (Fsp3) is 0.432. The van der Waals surface area contributed by atoms with E-state index in [2.05, 4.69) is 20.0 Å². The SMILES string of the molecule is CCc1c(F)ccc2cc(O)cc(-c3ncc4c(N5CCC(C(=O)n6ccc(OC)n6)CC5)nc(OC[C@@]56CCCN5C[C@H](F)C6)nc4c3F)c12. The first-order valence-corrected chi connectivity index (χ1v) is 17.4. The number of hydrogen-bond acceptors (Lipinski definition) is 10. The number of phenolic OH excluding ortho intramolecular Hbond substituents is 1. The fourth-order valence-electron chi connectivity index (χ4n) is 8.26. The molecule has 3 aliphatic heterocycles. The highest BCUT2D eigenvalue weighted by molar-refractivity contribution is 6.01. The first kappa shape index (κ1) is 33.2. The lowest BCUT2D eigenvalue weighted by Crippen LogP contribution is -2.43. The van der Waals surface area contributed by atoms with Crippen molar-refractivity contribution in [2.24, 2.45) is 5.92 Å². The Balaban J connectivity index is 1.19. The molecular formula is C37H38F3N7O4. The number of phenols is 1. The second-order valence-corrected chi connectivity index (χ2v) is 13.8. The van der Waals surface area contributed by atoms with Crippen molar-refractivity contribution in [2.45, 2.75) is 57.2 Å². The minimum atomic E-state index is -0.949. The van der Waals surface area contributed by atoms with Gasteiger partial charge in [0.1, 0.15) is 41.4 Å². The van der Waals surface area contributed by atoms with E-state index in [0.717, 1.165) is 19.4 Å². The van der Waals surface area contributed by atoms with E-state index in [1.54, 1.807) is 18.3 Å². The molecule has 14 heteroatoms. The third kappa shape index (κ3) is 5.78. The molecule has 6 heterocycles. The summed E-state index contributed by atoms with van der Waals surface area (Å²) in [5.41, 5.74) is -0.0173. The Morgan fingerprint density at radius 1 is 1.12 bits per heavy atom. The van der Waals surface area contributed by atoms with Gasteiger partial charge < -0.3 is 19.5 Å². The molecule has 266 valence electrons. The van der Waals surface area contributed by atoms with Gasteiger partial charge >= 0.3 is 6.01 Å². The monoisotopic (exact) mass is 701 g/mol. The minimum absolute atomic E-state index is 0.0525. The number of methoxy groups -OCH3 is 1. The number of ether oxygens (including phenoxy) is 2. The van der Waals surface area contributed by atoms with Gasteiger partial charge in [0.05, 0.1) is 18.0 Å². The third-order valence-electron chi connectivity index (χ3n) is 10.8. The van der Waals surface area contributed by atoms with Gasteiger partial charge in [-0.05, 0) is 73.2 Å².